The first-order chi connectivity index (χ1) is 5.06. The van der Waals surface area contributed by atoms with Gasteiger partial charge in [0.25, 0.3) is 0 Å². The van der Waals surface area contributed by atoms with Gasteiger partial charge in [0.15, 0.2) is 0 Å². The lowest BCUT2D eigenvalue weighted by atomic mass is 10.0. The Labute approximate surface area is 66.3 Å². The number of rotatable bonds is 1. The molecule has 2 rings (SSSR count). The third-order valence-corrected chi connectivity index (χ3v) is 3.25. The van der Waals surface area contributed by atoms with E-state index in [1.165, 1.54) is 11.8 Å². The molecule has 1 nitrogen and oxygen atoms in total. The second kappa shape index (κ2) is 2.07. The molecule has 0 aliphatic carbocycles. The van der Waals surface area contributed by atoms with Crippen LogP contribution in [0, 0.1) is 5.92 Å². The summed E-state index contributed by atoms with van der Waals surface area (Å²) in [6, 6.07) is 0. The zero-order chi connectivity index (χ0) is 8.11. The van der Waals surface area contributed by atoms with Crippen molar-refractivity contribution in [2.75, 3.05) is 11.5 Å². The van der Waals surface area contributed by atoms with Gasteiger partial charge in [-0.1, -0.05) is 0 Å². The predicted molar refractivity (Wildman–Crippen MR) is 35.3 cm³/mol. The minimum absolute atomic E-state index is 0.450. The molecule has 0 spiro atoms. The van der Waals surface area contributed by atoms with E-state index in [0.717, 1.165) is 5.75 Å². The van der Waals surface area contributed by atoms with E-state index in [9.17, 15) is 13.2 Å². The molecule has 2 unspecified atom stereocenters. The van der Waals surface area contributed by atoms with Crippen molar-refractivity contribution in [3.63, 3.8) is 0 Å². The molecule has 0 aromatic carbocycles. The van der Waals surface area contributed by atoms with Crippen LogP contribution in [0.2, 0.25) is 0 Å². The van der Waals surface area contributed by atoms with Gasteiger partial charge in [-0.05, 0) is 12.2 Å². The third-order valence-electron chi connectivity index (χ3n) is 2.09. The van der Waals surface area contributed by atoms with Crippen LogP contribution in [0.1, 0.15) is 6.42 Å². The Balaban J connectivity index is 2.06. The Morgan fingerprint density at radius 2 is 2.00 bits per heavy atom. The number of alkyl halides is 3. The van der Waals surface area contributed by atoms with Gasteiger partial charge in [-0.15, -0.1) is 0 Å². The molecule has 2 heterocycles. The quantitative estimate of drug-likeness (QED) is 0.578. The lowest BCUT2D eigenvalue weighted by Crippen LogP contribution is -2.24. The number of epoxide rings is 1. The van der Waals surface area contributed by atoms with Crippen LogP contribution in [-0.4, -0.2) is 23.5 Å². The molecule has 2 aliphatic heterocycles. The highest BCUT2D eigenvalue weighted by Gasteiger charge is 2.79. The first-order valence-electron chi connectivity index (χ1n) is 3.41. The van der Waals surface area contributed by atoms with Gasteiger partial charge in [-0.25, -0.2) is 4.39 Å². The van der Waals surface area contributed by atoms with E-state index in [0.29, 0.717) is 12.2 Å². The van der Waals surface area contributed by atoms with Crippen LogP contribution in [0.25, 0.3) is 0 Å². The van der Waals surface area contributed by atoms with Gasteiger partial charge in [0.2, 0.25) is 0 Å². The van der Waals surface area contributed by atoms with Crippen LogP contribution in [0.4, 0.5) is 13.2 Å². The van der Waals surface area contributed by atoms with Gasteiger partial charge >= 0.3 is 12.0 Å². The van der Waals surface area contributed by atoms with E-state index >= 15 is 0 Å². The molecule has 0 N–H and O–H groups in total. The number of hydrogen-bond donors (Lipinski definition) is 0. The van der Waals surface area contributed by atoms with Crippen molar-refractivity contribution in [2.45, 2.75) is 18.4 Å². The number of thioether (sulfide) groups is 1. The zero-order valence-corrected chi connectivity index (χ0v) is 6.47. The Morgan fingerprint density at radius 3 is 2.36 bits per heavy atom. The largest absolute Gasteiger partial charge is 0.418 e. The minimum Gasteiger partial charge on any atom is -0.270 e. The molecule has 0 aromatic heterocycles. The molecular weight excluding hydrogens is 177 g/mol. The van der Waals surface area contributed by atoms with Crippen LogP contribution in [-0.2, 0) is 4.74 Å². The van der Waals surface area contributed by atoms with Gasteiger partial charge in [0, 0.05) is 11.7 Å². The van der Waals surface area contributed by atoms with Crippen molar-refractivity contribution in [3.05, 3.63) is 0 Å². The lowest BCUT2D eigenvalue weighted by Gasteiger charge is -2.07. The second-order valence-electron chi connectivity index (χ2n) is 2.82. The van der Waals surface area contributed by atoms with Crippen molar-refractivity contribution < 1.29 is 17.9 Å². The Hall–Kier alpha value is 0.100. The molecule has 5 heteroatoms. The van der Waals surface area contributed by atoms with Crippen molar-refractivity contribution in [1.82, 2.24) is 0 Å². The van der Waals surface area contributed by atoms with Crippen molar-refractivity contribution >= 4 is 11.8 Å². The van der Waals surface area contributed by atoms with Crippen molar-refractivity contribution in [3.8, 4) is 0 Å². The van der Waals surface area contributed by atoms with E-state index < -0.39 is 17.9 Å². The molecule has 2 saturated heterocycles. The fourth-order valence-electron chi connectivity index (χ4n) is 1.31. The van der Waals surface area contributed by atoms with E-state index in [1.54, 1.807) is 0 Å². The van der Waals surface area contributed by atoms with Crippen LogP contribution in [0.3, 0.4) is 0 Å². The summed E-state index contributed by atoms with van der Waals surface area (Å²) in [7, 11) is 0. The number of halogens is 3. The highest BCUT2D eigenvalue weighted by Crippen LogP contribution is 2.59. The Kier molecular flexibility index (Phi) is 1.46. The predicted octanol–water partition coefficient (Wildman–Crippen LogP) is 2.03. The summed E-state index contributed by atoms with van der Waals surface area (Å²) in [5, 5.41) is 0. The molecule has 0 amide bonds. The summed E-state index contributed by atoms with van der Waals surface area (Å²) in [6.45, 7) is 0. The fourth-order valence-corrected chi connectivity index (χ4v) is 2.59. The molecule has 0 saturated carbocycles. The summed E-state index contributed by atoms with van der Waals surface area (Å²) < 4.78 is 41.2. The maximum atomic E-state index is 13.0. The Morgan fingerprint density at radius 1 is 1.36 bits per heavy atom. The van der Waals surface area contributed by atoms with Crippen LogP contribution < -0.4 is 0 Å². The molecular formula is C6H7F3OS. The number of ether oxygens (including phenoxy) is 1. The zero-order valence-electron chi connectivity index (χ0n) is 5.65. The highest BCUT2D eigenvalue weighted by molar-refractivity contribution is 7.99. The summed E-state index contributed by atoms with van der Waals surface area (Å²) in [5.74, 6) is -2.03. The molecule has 2 aliphatic rings. The molecule has 11 heavy (non-hydrogen) atoms. The monoisotopic (exact) mass is 184 g/mol. The standard InChI is InChI=1S/C6H7F3OS/c7-5(6(8,9)10-5)4-1-2-11-3-4/h4H,1-3H2. The molecule has 2 atom stereocenters. The van der Waals surface area contributed by atoms with Gasteiger partial charge in [0.1, 0.15) is 0 Å². The first-order valence-corrected chi connectivity index (χ1v) is 4.56. The maximum Gasteiger partial charge on any atom is 0.418 e. The van der Waals surface area contributed by atoms with Crippen LogP contribution in [0.5, 0.6) is 0 Å². The lowest BCUT2D eigenvalue weighted by molar-refractivity contribution is -0.00413. The summed E-state index contributed by atoms with van der Waals surface area (Å²) in [6.07, 6.45) is -3.01. The van der Waals surface area contributed by atoms with E-state index in [-0.39, 0.29) is 0 Å². The minimum atomic E-state index is -3.51. The highest BCUT2D eigenvalue weighted by atomic mass is 32.2. The summed E-state index contributed by atoms with van der Waals surface area (Å²) >= 11 is 1.50. The van der Waals surface area contributed by atoms with Crippen molar-refractivity contribution in [1.29, 1.82) is 0 Å². The maximum absolute atomic E-state index is 13.0. The molecule has 0 aromatic rings. The van der Waals surface area contributed by atoms with E-state index in [4.69, 9.17) is 0 Å². The first kappa shape index (κ1) is 7.73. The molecule has 64 valence electrons. The van der Waals surface area contributed by atoms with Gasteiger partial charge in [0.05, 0.1) is 0 Å². The summed E-state index contributed by atoms with van der Waals surface area (Å²) in [4.78, 5) is 0. The van der Waals surface area contributed by atoms with Gasteiger partial charge in [-0.2, -0.15) is 20.5 Å². The fraction of sp³-hybridized carbons (Fsp3) is 1.00. The normalized spacial score (nSPS) is 47.7. The smallest absolute Gasteiger partial charge is 0.270 e. The molecule has 2 fully saturated rings. The molecule has 0 bridgehead atoms. The number of hydrogen-bond acceptors (Lipinski definition) is 2. The second-order valence-corrected chi connectivity index (χ2v) is 3.97. The van der Waals surface area contributed by atoms with Crippen LogP contribution >= 0.6 is 11.8 Å². The SMILES string of the molecule is FC1(F)OC1(F)C1CCSC1. The average molecular weight is 184 g/mol. The topological polar surface area (TPSA) is 12.5 Å². The van der Waals surface area contributed by atoms with Gasteiger partial charge < -0.3 is 0 Å². The van der Waals surface area contributed by atoms with E-state index in [1.807, 2.05) is 0 Å². The summed E-state index contributed by atoms with van der Waals surface area (Å²) in [5.41, 5.74) is 0. The molecule has 0 radical (unpaired) electrons. The Bertz CT molecular complexity index is 181. The van der Waals surface area contributed by atoms with Gasteiger partial charge in [-0.3, -0.25) is 4.74 Å². The van der Waals surface area contributed by atoms with Crippen molar-refractivity contribution in [2.24, 2.45) is 5.92 Å². The van der Waals surface area contributed by atoms with Crippen LogP contribution in [0.15, 0.2) is 0 Å². The third kappa shape index (κ3) is 0.973. The van der Waals surface area contributed by atoms with E-state index in [2.05, 4.69) is 4.74 Å². The average Bonchev–Trinajstić information content (AvgIpc) is 2.36.